The summed E-state index contributed by atoms with van der Waals surface area (Å²) >= 11 is 0. The third kappa shape index (κ3) is 3.54. The Kier molecular flexibility index (Phi) is 5.95. The maximum absolute atomic E-state index is 9.22. The van der Waals surface area contributed by atoms with Crippen molar-refractivity contribution in [1.29, 1.82) is 0 Å². The summed E-state index contributed by atoms with van der Waals surface area (Å²) in [4.78, 5) is 7.52. The largest absolute Gasteiger partial charge is 0.497 e. The molecule has 0 unspecified atom stereocenters. The Morgan fingerprint density at radius 2 is 2.03 bits per heavy atom. The number of aryl methyl sites for hydroxylation is 3. The topological polar surface area (TPSA) is 62.9 Å². The van der Waals surface area contributed by atoms with E-state index in [-0.39, 0.29) is 6.61 Å². The van der Waals surface area contributed by atoms with Gasteiger partial charge >= 0.3 is 0 Å². The van der Waals surface area contributed by atoms with Gasteiger partial charge in [0.05, 0.1) is 12.8 Å². The van der Waals surface area contributed by atoms with Crippen LogP contribution >= 0.6 is 0 Å². The van der Waals surface area contributed by atoms with Crippen molar-refractivity contribution in [3.8, 4) is 16.9 Å². The highest BCUT2D eigenvalue weighted by Gasteiger charge is 2.27. The lowest BCUT2D eigenvalue weighted by molar-refractivity contribution is 0.285. The van der Waals surface area contributed by atoms with Crippen LogP contribution in [0.5, 0.6) is 5.75 Å². The summed E-state index contributed by atoms with van der Waals surface area (Å²) in [5.41, 5.74) is 7.91. The van der Waals surface area contributed by atoms with E-state index in [4.69, 9.17) is 14.8 Å². The van der Waals surface area contributed by atoms with Gasteiger partial charge in [0.15, 0.2) is 5.65 Å². The number of rotatable bonds is 8. The van der Waals surface area contributed by atoms with E-state index in [0.29, 0.717) is 0 Å². The number of anilines is 1. The first-order valence-corrected chi connectivity index (χ1v) is 11.0. The predicted molar refractivity (Wildman–Crippen MR) is 121 cm³/mol. The lowest BCUT2D eigenvalue weighted by Gasteiger charge is -2.26. The van der Waals surface area contributed by atoms with Crippen molar-refractivity contribution in [2.24, 2.45) is 0 Å². The van der Waals surface area contributed by atoms with Gasteiger partial charge in [0.1, 0.15) is 11.6 Å². The van der Waals surface area contributed by atoms with E-state index in [1.54, 1.807) is 7.11 Å². The molecule has 30 heavy (non-hydrogen) atoms. The van der Waals surface area contributed by atoms with E-state index in [1.165, 1.54) is 17.1 Å². The van der Waals surface area contributed by atoms with Crippen molar-refractivity contribution in [3.05, 3.63) is 40.7 Å². The first kappa shape index (κ1) is 20.7. The van der Waals surface area contributed by atoms with E-state index in [9.17, 15) is 5.11 Å². The molecular formula is C24H32N4O2. The third-order valence-electron chi connectivity index (χ3n) is 6.16. The van der Waals surface area contributed by atoms with Crippen molar-refractivity contribution < 1.29 is 9.84 Å². The standard InChI is InChI=1S/C24H32N4O2/c1-5-27(13-6-7-14-29)24-20-9-8-10-21(20)25-23-22(17(3)26-28(23)24)19-12-11-18(30-4)15-16(19)2/h11-12,15,29H,5-10,13-14H2,1-4H3. The van der Waals surface area contributed by atoms with Crippen LogP contribution in [0, 0.1) is 13.8 Å². The summed E-state index contributed by atoms with van der Waals surface area (Å²) in [5, 5.41) is 14.2. The highest BCUT2D eigenvalue weighted by molar-refractivity contribution is 5.83. The van der Waals surface area contributed by atoms with Crippen molar-refractivity contribution >= 4 is 11.5 Å². The average Bonchev–Trinajstić information content (AvgIpc) is 3.33. The second-order valence-corrected chi connectivity index (χ2v) is 8.10. The van der Waals surface area contributed by atoms with Gasteiger partial charge < -0.3 is 14.7 Å². The van der Waals surface area contributed by atoms with Crippen LogP contribution in [0.4, 0.5) is 5.82 Å². The quantitative estimate of drug-likeness (QED) is 0.569. The van der Waals surface area contributed by atoms with Gasteiger partial charge in [-0.1, -0.05) is 6.07 Å². The minimum absolute atomic E-state index is 0.239. The zero-order valence-corrected chi connectivity index (χ0v) is 18.5. The molecule has 1 aliphatic rings. The van der Waals surface area contributed by atoms with Crippen LogP contribution in [0.1, 0.15) is 48.7 Å². The smallest absolute Gasteiger partial charge is 0.165 e. The molecule has 0 saturated carbocycles. The molecule has 2 heterocycles. The molecule has 0 saturated heterocycles. The molecular weight excluding hydrogens is 376 g/mol. The Morgan fingerprint density at radius 1 is 1.20 bits per heavy atom. The Bertz CT molecular complexity index is 1060. The van der Waals surface area contributed by atoms with Crippen molar-refractivity contribution in [3.63, 3.8) is 0 Å². The molecule has 160 valence electrons. The highest BCUT2D eigenvalue weighted by atomic mass is 16.5. The zero-order valence-electron chi connectivity index (χ0n) is 18.5. The van der Waals surface area contributed by atoms with Gasteiger partial charge in [0.2, 0.25) is 0 Å². The van der Waals surface area contributed by atoms with Gasteiger partial charge in [-0.2, -0.15) is 9.61 Å². The van der Waals surface area contributed by atoms with Gasteiger partial charge in [0.25, 0.3) is 0 Å². The van der Waals surface area contributed by atoms with Crippen LogP contribution < -0.4 is 9.64 Å². The number of aromatic nitrogens is 3. The van der Waals surface area contributed by atoms with Crippen LogP contribution in [-0.4, -0.2) is 46.5 Å². The van der Waals surface area contributed by atoms with E-state index >= 15 is 0 Å². The van der Waals surface area contributed by atoms with Crippen LogP contribution in [0.2, 0.25) is 0 Å². The molecule has 0 spiro atoms. The summed E-state index contributed by atoms with van der Waals surface area (Å²) < 4.78 is 7.47. The molecule has 1 N–H and O–H groups in total. The fraction of sp³-hybridized carbons (Fsp3) is 0.500. The van der Waals surface area contributed by atoms with Crippen molar-refractivity contribution in [1.82, 2.24) is 14.6 Å². The number of benzene rings is 1. The number of aliphatic hydroxyl groups excluding tert-OH is 1. The maximum atomic E-state index is 9.22. The SMILES string of the molecule is CCN(CCCCO)c1c2c(nc3c(-c4ccc(OC)cc4C)c(C)nn13)CCC2. The van der Waals surface area contributed by atoms with Crippen LogP contribution in [0.15, 0.2) is 18.2 Å². The van der Waals surface area contributed by atoms with Crippen molar-refractivity contribution in [2.75, 3.05) is 31.7 Å². The molecule has 2 aromatic heterocycles. The number of unbranched alkanes of at least 4 members (excludes halogenated alkanes) is 1. The van der Waals surface area contributed by atoms with E-state index in [2.05, 4.69) is 42.3 Å². The van der Waals surface area contributed by atoms with Gasteiger partial charge in [-0.3, -0.25) is 0 Å². The Hall–Kier alpha value is -2.60. The third-order valence-corrected chi connectivity index (χ3v) is 6.16. The Morgan fingerprint density at radius 3 is 2.73 bits per heavy atom. The van der Waals surface area contributed by atoms with Crippen LogP contribution in [0.3, 0.4) is 0 Å². The number of ether oxygens (including phenoxy) is 1. The Labute approximate surface area is 178 Å². The number of methoxy groups -OCH3 is 1. The molecule has 0 atom stereocenters. The lowest BCUT2D eigenvalue weighted by Crippen LogP contribution is -2.28. The summed E-state index contributed by atoms with van der Waals surface area (Å²) in [6.45, 7) is 8.44. The summed E-state index contributed by atoms with van der Waals surface area (Å²) in [5.74, 6) is 2.05. The number of nitrogens with zero attached hydrogens (tertiary/aromatic N) is 4. The zero-order chi connectivity index (χ0) is 21.3. The number of fused-ring (bicyclic) bond motifs is 2. The van der Waals surface area contributed by atoms with Gasteiger partial charge in [-0.05, 0) is 76.1 Å². The van der Waals surface area contributed by atoms with E-state index in [0.717, 1.165) is 79.0 Å². The molecule has 1 aliphatic carbocycles. The average molecular weight is 409 g/mol. The molecule has 0 aliphatic heterocycles. The fourth-order valence-electron chi connectivity index (χ4n) is 4.63. The van der Waals surface area contributed by atoms with Gasteiger partial charge in [-0.15, -0.1) is 0 Å². The summed E-state index contributed by atoms with van der Waals surface area (Å²) in [6.07, 6.45) is 5.01. The normalized spacial score (nSPS) is 13.1. The Balaban J connectivity index is 1.91. The number of hydrogen-bond acceptors (Lipinski definition) is 5. The molecule has 1 aromatic carbocycles. The van der Waals surface area contributed by atoms with Crippen molar-refractivity contribution in [2.45, 2.75) is 52.9 Å². The summed E-state index contributed by atoms with van der Waals surface area (Å²) in [6, 6.07) is 6.19. The number of aliphatic hydroxyl groups is 1. The molecule has 0 amide bonds. The second kappa shape index (κ2) is 8.64. The molecule has 0 bridgehead atoms. The fourth-order valence-corrected chi connectivity index (χ4v) is 4.63. The number of hydrogen-bond donors (Lipinski definition) is 1. The van der Waals surface area contributed by atoms with Crippen LogP contribution in [-0.2, 0) is 12.8 Å². The van der Waals surface area contributed by atoms with E-state index < -0.39 is 0 Å². The molecule has 6 heteroatoms. The van der Waals surface area contributed by atoms with Gasteiger partial charge in [-0.25, -0.2) is 4.98 Å². The molecule has 3 aromatic rings. The van der Waals surface area contributed by atoms with Crippen LogP contribution in [0.25, 0.3) is 16.8 Å². The maximum Gasteiger partial charge on any atom is 0.165 e. The predicted octanol–water partition coefficient (Wildman–Crippen LogP) is 4.11. The molecule has 6 nitrogen and oxygen atoms in total. The highest BCUT2D eigenvalue weighted by Crippen LogP contribution is 2.37. The summed E-state index contributed by atoms with van der Waals surface area (Å²) in [7, 11) is 1.70. The first-order valence-electron chi connectivity index (χ1n) is 11.0. The van der Waals surface area contributed by atoms with Gasteiger partial charge in [0, 0.05) is 36.5 Å². The minimum Gasteiger partial charge on any atom is -0.497 e. The second-order valence-electron chi connectivity index (χ2n) is 8.10. The molecule has 4 rings (SSSR count). The minimum atomic E-state index is 0.239. The first-order chi connectivity index (χ1) is 14.6. The molecule has 0 fully saturated rings. The monoisotopic (exact) mass is 408 g/mol. The van der Waals surface area contributed by atoms with E-state index in [1.807, 2.05) is 6.07 Å². The molecule has 0 radical (unpaired) electrons. The lowest BCUT2D eigenvalue weighted by atomic mass is 10.0.